The number of ether oxygens (including phenoxy) is 1. The fraction of sp³-hybridized carbons (Fsp3) is 0.133. The summed E-state index contributed by atoms with van der Waals surface area (Å²) in [6.07, 6.45) is -4.46. The van der Waals surface area contributed by atoms with Crippen molar-refractivity contribution in [2.45, 2.75) is 6.18 Å². The van der Waals surface area contributed by atoms with E-state index < -0.39 is 17.6 Å². The van der Waals surface area contributed by atoms with E-state index in [1.54, 1.807) is 24.3 Å². The lowest BCUT2D eigenvalue weighted by atomic mass is 10.2. The SMILES string of the molecule is Nc1ccc(OCC(=O)Nc2cccc(C(F)(F)F)c2)cc1. The first-order valence-corrected chi connectivity index (χ1v) is 6.30. The molecular formula is C15H13F3N2O2. The Morgan fingerprint density at radius 2 is 1.82 bits per heavy atom. The number of nitrogens with one attached hydrogen (secondary N) is 1. The van der Waals surface area contributed by atoms with Gasteiger partial charge in [-0.2, -0.15) is 13.2 Å². The maximum Gasteiger partial charge on any atom is 0.416 e. The molecule has 4 nitrogen and oxygen atoms in total. The van der Waals surface area contributed by atoms with Crippen LogP contribution in [0.3, 0.4) is 0 Å². The molecule has 0 saturated carbocycles. The number of nitrogens with two attached hydrogens (primary N) is 1. The number of carbonyl (C=O) groups is 1. The van der Waals surface area contributed by atoms with Crippen LogP contribution in [0.25, 0.3) is 0 Å². The lowest BCUT2D eigenvalue weighted by Crippen LogP contribution is -2.20. The van der Waals surface area contributed by atoms with Gasteiger partial charge < -0.3 is 15.8 Å². The van der Waals surface area contributed by atoms with Gasteiger partial charge in [0.1, 0.15) is 5.75 Å². The second-order valence-electron chi connectivity index (χ2n) is 4.48. The molecule has 0 bridgehead atoms. The van der Waals surface area contributed by atoms with Crippen LogP contribution in [0.15, 0.2) is 48.5 Å². The summed E-state index contributed by atoms with van der Waals surface area (Å²) < 4.78 is 42.9. The van der Waals surface area contributed by atoms with Crippen LogP contribution in [0.5, 0.6) is 5.75 Å². The zero-order valence-corrected chi connectivity index (χ0v) is 11.4. The van der Waals surface area contributed by atoms with E-state index in [4.69, 9.17) is 10.5 Å². The molecule has 0 heterocycles. The first-order valence-electron chi connectivity index (χ1n) is 6.30. The minimum absolute atomic E-state index is 0.0562. The first kappa shape index (κ1) is 15.7. The Kier molecular flexibility index (Phi) is 4.55. The normalized spacial score (nSPS) is 11.0. The predicted molar refractivity (Wildman–Crippen MR) is 76.4 cm³/mol. The molecule has 116 valence electrons. The van der Waals surface area contributed by atoms with Gasteiger partial charge in [-0.15, -0.1) is 0 Å². The highest BCUT2D eigenvalue weighted by Crippen LogP contribution is 2.30. The van der Waals surface area contributed by atoms with Crippen molar-refractivity contribution in [3.8, 4) is 5.75 Å². The van der Waals surface area contributed by atoms with Gasteiger partial charge in [0.15, 0.2) is 6.61 Å². The van der Waals surface area contributed by atoms with E-state index in [1.165, 1.54) is 12.1 Å². The maximum absolute atomic E-state index is 12.6. The number of hydrogen-bond acceptors (Lipinski definition) is 3. The molecule has 0 aliphatic carbocycles. The molecule has 0 aromatic heterocycles. The van der Waals surface area contributed by atoms with Gasteiger partial charge in [0.25, 0.3) is 5.91 Å². The Morgan fingerprint density at radius 1 is 1.14 bits per heavy atom. The second-order valence-corrected chi connectivity index (χ2v) is 4.48. The van der Waals surface area contributed by atoms with E-state index in [0.29, 0.717) is 11.4 Å². The number of anilines is 2. The molecular weight excluding hydrogens is 297 g/mol. The molecule has 0 unspecified atom stereocenters. The predicted octanol–water partition coefficient (Wildman–Crippen LogP) is 3.31. The number of hydrogen-bond donors (Lipinski definition) is 2. The van der Waals surface area contributed by atoms with Gasteiger partial charge in [-0.1, -0.05) is 6.07 Å². The Morgan fingerprint density at radius 3 is 2.45 bits per heavy atom. The average molecular weight is 310 g/mol. The zero-order valence-electron chi connectivity index (χ0n) is 11.4. The number of rotatable bonds is 4. The Labute approximate surface area is 124 Å². The average Bonchev–Trinajstić information content (AvgIpc) is 2.46. The number of nitrogen functional groups attached to an aromatic ring is 1. The molecule has 0 aliphatic heterocycles. The standard InChI is InChI=1S/C15H13F3N2O2/c16-15(17,18)10-2-1-3-12(8-10)20-14(21)9-22-13-6-4-11(19)5-7-13/h1-8H,9,19H2,(H,20,21). The molecule has 2 aromatic rings. The Balaban J connectivity index is 1.93. The molecule has 0 radical (unpaired) electrons. The third-order valence-electron chi connectivity index (χ3n) is 2.72. The number of amides is 1. The molecule has 0 aliphatic rings. The zero-order chi connectivity index (χ0) is 16.2. The second kappa shape index (κ2) is 6.38. The summed E-state index contributed by atoms with van der Waals surface area (Å²) in [5.41, 5.74) is 5.29. The van der Waals surface area contributed by atoms with Crippen LogP contribution in [0, 0.1) is 0 Å². The van der Waals surface area contributed by atoms with Crippen LogP contribution in [-0.2, 0) is 11.0 Å². The van der Waals surface area contributed by atoms with Gasteiger partial charge in [-0.05, 0) is 42.5 Å². The van der Waals surface area contributed by atoms with Gasteiger partial charge in [-0.3, -0.25) is 4.79 Å². The van der Waals surface area contributed by atoms with Crippen molar-refractivity contribution in [3.05, 3.63) is 54.1 Å². The van der Waals surface area contributed by atoms with Crippen LogP contribution in [0.2, 0.25) is 0 Å². The van der Waals surface area contributed by atoms with Crippen molar-refractivity contribution in [1.82, 2.24) is 0 Å². The summed E-state index contributed by atoms with van der Waals surface area (Å²) in [6, 6.07) is 10.8. The molecule has 3 N–H and O–H groups in total. The molecule has 0 fully saturated rings. The minimum Gasteiger partial charge on any atom is -0.484 e. The lowest BCUT2D eigenvalue weighted by Gasteiger charge is -2.10. The van der Waals surface area contributed by atoms with E-state index in [9.17, 15) is 18.0 Å². The highest BCUT2D eigenvalue weighted by atomic mass is 19.4. The van der Waals surface area contributed by atoms with Crippen molar-refractivity contribution >= 4 is 17.3 Å². The van der Waals surface area contributed by atoms with Crippen molar-refractivity contribution in [3.63, 3.8) is 0 Å². The van der Waals surface area contributed by atoms with Crippen molar-refractivity contribution in [2.75, 3.05) is 17.7 Å². The van der Waals surface area contributed by atoms with E-state index in [0.717, 1.165) is 12.1 Å². The first-order chi connectivity index (χ1) is 10.3. The number of halogens is 3. The summed E-state index contributed by atoms with van der Waals surface area (Å²) in [5, 5.41) is 2.35. The molecule has 22 heavy (non-hydrogen) atoms. The number of carbonyl (C=O) groups excluding carboxylic acids is 1. The van der Waals surface area contributed by atoms with E-state index in [-0.39, 0.29) is 12.3 Å². The summed E-state index contributed by atoms with van der Waals surface area (Å²) >= 11 is 0. The maximum atomic E-state index is 12.6. The van der Waals surface area contributed by atoms with Gasteiger partial charge in [0, 0.05) is 11.4 Å². The molecule has 7 heteroatoms. The van der Waals surface area contributed by atoms with E-state index >= 15 is 0 Å². The van der Waals surface area contributed by atoms with E-state index in [1.807, 2.05) is 0 Å². The fourth-order valence-electron chi connectivity index (χ4n) is 1.68. The van der Waals surface area contributed by atoms with Gasteiger partial charge >= 0.3 is 6.18 Å². The largest absolute Gasteiger partial charge is 0.484 e. The number of alkyl halides is 3. The summed E-state index contributed by atoms with van der Waals surface area (Å²) in [5.74, 6) is -0.121. The van der Waals surface area contributed by atoms with E-state index in [2.05, 4.69) is 5.32 Å². The van der Waals surface area contributed by atoms with Gasteiger partial charge in [-0.25, -0.2) is 0 Å². The van der Waals surface area contributed by atoms with Gasteiger partial charge in [0.2, 0.25) is 0 Å². The fourth-order valence-corrected chi connectivity index (χ4v) is 1.68. The summed E-state index contributed by atoms with van der Waals surface area (Å²) in [7, 11) is 0. The topological polar surface area (TPSA) is 64.3 Å². The summed E-state index contributed by atoms with van der Waals surface area (Å²) in [6.45, 7) is -0.319. The third-order valence-corrected chi connectivity index (χ3v) is 2.72. The van der Waals surface area contributed by atoms with Crippen molar-refractivity contribution in [2.24, 2.45) is 0 Å². The molecule has 1 amide bonds. The van der Waals surface area contributed by atoms with Crippen LogP contribution in [0.1, 0.15) is 5.56 Å². The van der Waals surface area contributed by atoms with Crippen LogP contribution in [0.4, 0.5) is 24.5 Å². The van der Waals surface area contributed by atoms with Crippen molar-refractivity contribution in [1.29, 1.82) is 0 Å². The molecule has 2 aromatic carbocycles. The minimum atomic E-state index is -4.46. The molecule has 0 atom stereocenters. The smallest absolute Gasteiger partial charge is 0.416 e. The van der Waals surface area contributed by atoms with Gasteiger partial charge in [0.05, 0.1) is 5.56 Å². The quantitative estimate of drug-likeness (QED) is 0.852. The van der Waals surface area contributed by atoms with Crippen LogP contribution < -0.4 is 15.8 Å². The molecule has 0 saturated heterocycles. The Hall–Kier alpha value is -2.70. The molecule has 0 spiro atoms. The number of benzene rings is 2. The molecule has 2 rings (SSSR count). The third kappa shape index (κ3) is 4.41. The van der Waals surface area contributed by atoms with Crippen LogP contribution in [-0.4, -0.2) is 12.5 Å². The van der Waals surface area contributed by atoms with Crippen LogP contribution >= 0.6 is 0 Å². The highest BCUT2D eigenvalue weighted by molar-refractivity contribution is 5.91. The lowest BCUT2D eigenvalue weighted by molar-refractivity contribution is -0.137. The monoisotopic (exact) mass is 310 g/mol. The highest BCUT2D eigenvalue weighted by Gasteiger charge is 2.30. The summed E-state index contributed by atoms with van der Waals surface area (Å²) in [4.78, 5) is 11.7. The Bertz CT molecular complexity index is 655. The van der Waals surface area contributed by atoms with Crippen molar-refractivity contribution < 1.29 is 22.7 Å².